The maximum Gasteiger partial charge on any atom is 0.407 e. The lowest BCUT2D eigenvalue weighted by molar-refractivity contribution is -0.0907. The van der Waals surface area contributed by atoms with Crippen molar-refractivity contribution >= 4 is 22.1 Å². The van der Waals surface area contributed by atoms with Crippen molar-refractivity contribution in [1.82, 2.24) is 19.8 Å². The van der Waals surface area contributed by atoms with Crippen molar-refractivity contribution in [3.05, 3.63) is 60.2 Å². The summed E-state index contributed by atoms with van der Waals surface area (Å²) in [6, 6.07) is 14.2. The van der Waals surface area contributed by atoms with Crippen LogP contribution in [-0.2, 0) is 30.7 Å². The first-order valence-electron chi connectivity index (χ1n) is 15.8. The number of hydrogen-bond acceptors (Lipinski definition) is 9. The van der Waals surface area contributed by atoms with Gasteiger partial charge in [-0.3, -0.25) is 0 Å². The largest absolute Gasteiger partial charge is 0.497 e. The second-order valence-corrected chi connectivity index (χ2v) is 14.9. The summed E-state index contributed by atoms with van der Waals surface area (Å²) in [6.45, 7) is 4.59. The number of aliphatic hydroxyl groups excluding tert-OH is 1. The molecule has 2 aromatic rings. The van der Waals surface area contributed by atoms with E-state index in [1.165, 1.54) is 28.4 Å². The zero-order chi connectivity index (χ0) is 34.2. The predicted octanol–water partition coefficient (Wildman–Crippen LogP) is 2.83. The van der Waals surface area contributed by atoms with Gasteiger partial charge in [0.05, 0.1) is 43.3 Å². The van der Waals surface area contributed by atoms with Gasteiger partial charge in [-0.2, -0.15) is 4.31 Å². The molecule has 14 heteroatoms. The summed E-state index contributed by atoms with van der Waals surface area (Å²) in [5.41, 5.74) is 0.231. The zero-order valence-electron chi connectivity index (χ0n) is 27.8. The molecule has 13 nitrogen and oxygen atoms in total. The van der Waals surface area contributed by atoms with E-state index in [1.54, 1.807) is 26.2 Å². The van der Waals surface area contributed by atoms with E-state index in [2.05, 4.69) is 10.6 Å². The van der Waals surface area contributed by atoms with Crippen LogP contribution in [-0.4, -0.2) is 113 Å². The summed E-state index contributed by atoms with van der Waals surface area (Å²) in [4.78, 5) is 26.7. The van der Waals surface area contributed by atoms with Crippen molar-refractivity contribution in [1.29, 1.82) is 0 Å². The Morgan fingerprint density at radius 3 is 2.45 bits per heavy atom. The number of fused-ring (bicyclic) bond motifs is 1. The molecule has 2 heterocycles. The third kappa shape index (κ3) is 10.0. The Labute approximate surface area is 277 Å². The summed E-state index contributed by atoms with van der Waals surface area (Å²) in [7, 11) is 0.652. The van der Waals surface area contributed by atoms with Gasteiger partial charge in [-0.25, -0.2) is 18.0 Å². The summed E-state index contributed by atoms with van der Waals surface area (Å²) in [5.74, 6) is 0.439. The van der Waals surface area contributed by atoms with Gasteiger partial charge in [0, 0.05) is 33.7 Å². The lowest BCUT2D eigenvalue weighted by Gasteiger charge is -2.35. The number of hydrogen-bond donors (Lipinski definition) is 3. The average Bonchev–Trinajstić information content (AvgIpc) is 3.66. The maximum atomic E-state index is 14.1. The van der Waals surface area contributed by atoms with Crippen LogP contribution in [0.2, 0.25) is 0 Å². The number of rotatable bonds is 15. The van der Waals surface area contributed by atoms with Gasteiger partial charge in [-0.1, -0.05) is 44.2 Å². The first kappa shape index (κ1) is 36.4. The number of urea groups is 1. The normalized spacial score (nSPS) is 20.7. The third-order valence-electron chi connectivity index (χ3n) is 8.49. The van der Waals surface area contributed by atoms with E-state index in [4.69, 9.17) is 18.9 Å². The number of alkyl carbamates (subject to hydrolysis) is 1. The molecule has 0 aliphatic carbocycles. The molecule has 0 radical (unpaired) electrons. The molecule has 2 fully saturated rings. The van der Waals surface area contributed by atoms with E-state index in [1.807, 2.05) is 44.2 Å². The molecule has 0 bridgehead atoms. The first-order chi connectivity index (χ1) is 22.3. The molecule has 0 saturated carbocycles. The van der Waals surface area contributed by atoms with Gasteiger partial charge in [0.1, 0.15) is 11.9 Å². The Morgan fingerprint density at radius 2 is 1.79 bits per heavy atom. The summed E-state index contributed by atoms with van der Waals surface area (Å²) >= 11 is 0. The molecule has 0 unspecified atom stereocenters. The Hall–Kier alpha value is -3.43. The number of amides is 3. The van der Waals surface area contributed by atoms with Crippen molar-refractivity contribution in [3.8, 4) is 5.75 Å². The van der Waals surface area contributed by atoms with Crippen molar-refractivity contribution < 1.29 is 42.1 Å². The van der Waals surface area contributed by atoms with Crippen LogP contribution in [0.1, 0.15) is 32.3 Å². The maximum absolute atomic E-state index is 14.1. The van der Waals surface area contributed by atoms with Crippen molar-refractivity contribution in [2.75, 3.05) is 54.1 Å². The Bertz CT molecular complexity index is 1420. The minimum Gasteiger partial charge on any atom is -0.497 e. The smallest absolute Gasteiger partial charge is 0.407 e. The highest BCUT2D eigenvalue weighted by molar-refractivity contribution is 7.89. The van der Waals surface area contributed by atoms with E-state index in [-0.39, 0.29) is 43.0 Å². The van der Waals surface area contributed by atoms with Gasteiger partial charge >= 0.3 is 12.1 Å². The van der Waals surface area contributed by atoms with Crippen LogP contribution in [0, 0.1) is 11.3 Å². The molecule has 260 valence electrons. The molecule has 2 aliphatic heterocycles. The Balaban J connectivity index is 1.55. The molecule has 2 saturated heterocycles. The van der Waals surface area contributed by atoms with Crippen LogP contribution in [0.4, 0.5) is 9.59 Å². The van der Waals surface area contributed by atoms with Crippen LogP contribution >= 0.6 is 0 Å². The number of nitrogens with one attached hydrogen (secondary N) is 2. The molecule has 3 N–H and O–H groups in total. The van der Waals surface area contributed by atoms with Gasteiger partial charge in [0.15, 0.2) is 6.29 Å². The minimum absolute atomic E-state index is 0.0290. The van der Waals surface area contributed by atoms with E-state index in [9.17, 15) is 23.1 Å². The van der Waals surface area contributed by atoms with Gasteiger partial charge < -0.3 is 39.6 Å². The lowest BCUT2D eigenvalue weighted by atomic mass is 9.89. The Morgan fingerprint density at radius 1 is 1.09 bits per heavy atom. The Kier molecular flexibility index (Phi) is 12.5. The number of carbonyl (C=O) groups excluding carboxylic acids is 2. The van der Waals surface area contributed by atoms with Gasteiger partial charge in [-0.15, -0.1) is 0 Å². The van der Waals surface area contributed by atoms with Crippen molar-refractivity contribution in [3.63, 3.8) is 0 Å². The van der Waals surface area contributed by atoms with E-state index in [0.29, 0.717) is 31.7 Å². The number of benzene rings is 2. The highest BCUT2D eigenvalue weighted by Gasteiger charge is 2.44. The second kappa shape index (κ2) is 16.1. The fourth-order valence-corrected chi connectivity index (χ4v) is 7.37. The molecule has 47 heavy (non-hydrogen) atoms. The molecule has 0 aromatic heterocycles. The highest BCUT2D eigenvalue weighted by atomic mass is 32.2. The molecule has 0 spiro atoms. The summed E-state index contributed by atoms with van der Waals surface area (Å²) in [6.07, 6.45) is -1.53. The molecule has 2 aromatic carbocycles. The van der Waals surface area contributed by atoms with Gasteiger partial charge in [-0.05, 0) is 54.5 Å². The fourth-order valence-electron chi connectivity index (χ4n) is 5.72. The molecule has 5 atom stereocenters. The van der Waals surface area contributed by atoms with Gasteiger partial charge in [0.25, 0.3) is 0 Å². The highest BCUT2D eigenvalue weighted by Crippen LogP contribution is 2.33. The van der Waals surface area contributed by atoms with Crippen molar-refractivity contribution in [2.45, 2.75) is 62.5 Å². The predicted molar refractivity (Wildman–Crippen MR) is 174 cm³/mol. The molecular formula is C33H48N4O9S. The van der Waals surface area contributed by atoms with Crippen LogP contribution in [0.15, 0.2) is 59.5 Å². The molecular weight excluding hydrogens is 628 g/mol. The first-order valence-corrected chi connectivity index (χ1v) is 17.2. The number of carbonyl (C=O) groups is 2. The number of sulfonamides is 1. The van der Waals surface area contributed by atoms with E-state index < -0.39 is 46.1 Å². The summed E-state index contributed by atoms with van der Waals surface area (Å²) in [5, 5.41) is 17.3. The van der Waals surface area contributed by atoms with Crippen molar-refractivity contribution in [2.24, 2.45) is 11.3 Å². The quantitative estimate of drug-likeness (QED) is 0.258. The van der Waals surface area contributed by atoms with E-state index in [0.717, 1.165) is 5.56 Å². The number of aliphatic hydroxyl groups is 1. The van der Waals surface area contributed by atoms with Crippen LogP contribution < -0.4 is 15.4 Å². The van der Waals surface area contributed by atoms with Crippen LogP contribution in [0.3, 0.4) is 0 Å². The number of nitrogens with zero attached hydrogens (tertiary/aromatic N) is 2. The molecule has 2 aliphatic rings. The molecule has 3 amide bonds. The second-order valence-electron chi connectivity index (χ2n) is 13.0. The molecule has 4 rings (SSSR count). The zero-order valence-corrected chi connectivity index (χ0v) is 28.6. The minimum atomic E-state index is -4.12. The number of ether oxygens (including phenoxy) is 4. The van der Waals surface area contributed by atoms with E-state index >= 15 is 0 Å². The lowest BCUT2D eigenvalue weighted by Crippen LogP contribution is -2.52. The average molecular weight is 677 g/mol. The van der Waals surface area contributed by atoms with Crippen LogP contribution in [0.5, 0.6) is 5.75 Å². The topological polar surface area (TPSA) is 156 Å². The SMILES string of the molecule is COc1ccc(S(=O)(=O)N(C[C@H](O)[C@H](Cc2ccccc2)NC(=O)O[C@H]2CO[C@H]3OCC[C@H]32)CC(C)(C)CCNC(=O)N(C)C)cc1. The summed E-state index contributed by atoms with van der Waals surface area (Å²) < 4.78 is 51.5. The van der Waals surface area contributed by atoms with Crippen LogP contribution in [0.25, 0.3) is 0 Å². The number of methoxy groups -OCH3 is 1. The fraction of sp³-hybridized carbons (Fsp3) is 0.576. The third-order valence-corrected chi connectivity index (χ3v) is 10.3. The monoisotopic (exact) mass is 676 g/mol. The van der Waals surface area contributed by atoms with Gasteiger partial charge in [0.2, 0.25) is 10.0 Å². The standard InChI is InChI=1S/C33H48N4O9S/c1-33(2,16-17-34-31(39)36(3)4)22-37(47(41,42)25-13-11-24(43-5)12-14-25)20-28(38)27(19-23-9-7-6-8-10-23)35-32(40)46-29-21-45-30-26(29)15-18-44-30/h6-14,26-30,38H,15-22H2,1-5H3,(H,34,39)(H,35,40)/t26-,27-,28-,29-,30+/m0/s1.